The second-order valence-corrected chi connectivity index (χ2v) is 5.66. The first kappa shape index (κ1) is 17.9. The van der Waals surface area contributed by atoms with Crippen molar-refractivity contribution in [2.45, 2.75) is 45.9 Å². The van der Waals surface area contributed by atoms with Crippen LogP contribution in [0.1, 0.15) is 31.4 Å². The van der Waals surface area contributed by atoms with Crippen LogP contribution in [0.25, 0.3) is 0 Å². The molecule has 1 N–H and O–H groups in total. The Labute approximate surface area is 129 Å². The van der Waals surface area contributed by atoms with Crippen LogP contribution < -0.4 is 0 Å². The van der Waals surface area contributed by atoms with Crippen LogP contribution in [-0.2, 0) is 11.3 Å². The highest BCUT2D eigenvalue weighted by Crippen LogP contribution is 2.13. The van der Waals surface area contributed by atoms with E-state index in [2.05, 4.69) is 56.5 Å². The molecule has 0 aliphatic heterocycles. The Bertz CT molecular complexity index is 419. The molecule has 1 aromatic rings. The maximum Gasteiger partial charge on any atom is 0.0900 e. The van der Waals surface area contributed by atoms with Gasteiger partial charge in [-0.25, -0.2) is 0 Å². The second kappa shape index (κ2) is 9.72. The molecule has 0 aromatic heterocycles. The monoisotopic (exact) mass is 291 g/mol. The normalized spacial score (nSPS) is 14.1. The maximum atomic E-state index is 10.1. The minimum absolute atomic E-state index is 0.354. The van der Waals surface area contributed by atoms with E-state index in [0.717, 1.165) is 13.0 Å². The molecule has 2 atom stereocenters. The summed E-state index contributed by atoms with van der Waals surface area (Å²) in [5, 5.41) is 10.1. The molecular weight excluding hydrogens is 262 g/mol. The fourth-order valence-corrected chi connectivity index (χ4v) is 2.31. The zero-order chi connectivity index (χ0) is 15.7. The van der Waals surface area contributed by atoms with E-state index in [9.17, 15) is 5.11 Å². The highest BCUT2D eigenvalue weighted by Gasteiger charge is 2.17. The van der Waals surface area contributed by atoms with Crippen molar-refractivity contribution in [2.75, 3.05) is 19.8 Å². The molecule has 21 heavy (non-hydrogen) atoms. The lowest BCUT2D eigenvalue weighted by Gasteiger charge is -2.30. The Hall–Kier alpha value is -1.16. The van der Waals surface area contributed by atoms with E-state index in [-0.39, 0.29) is 0 Å². The second-order valence-electron chi connectivity index (χ2n) is 5.66. The van der Waals surface area contributed by atoms with E-state index < -0.39 is 6.10 Å². The van der Waals surface area contributed by atoms with Crippen molar-refractivity contribution in [3.05, 3.63) is 48.0 Å². The average molecular weight is 291 g/mol. The van der Waals surface area contributed by atoms with Crippen LogP contribution in [0.4, 0.5) is 0 Å². The van der Waals surface area contributed by atoms with Crippen molar-refractivity contribution >= 4 is 0 Å². The summed E-state index contributed by atoms with van der Waals surface area (Å²) >= 11 is 0. The van der Waals surface area contributed by atoms with Gasteiger partial charge in [0, 0.05) is 19.1 Å². The van der Waals surface area contributed by atoms with Gasteiger partial charge < -0.3 is 9.84 Å². The quantitative estimate of drug-likeness (QED) is 0.531. The molecular formula is C18H29NO2. The molecule has 0 saturated carbocycles. The number of nitrogens with zero attached hydrogens (tertiary/aromatic N) is 1. The van der Waals surface area contributed by atoms with Gasteiger partial charge in [0.1, 0.15) is 0 Å². The van der Waals surface area contributed by atoms with Crippen molar-refractivity contribution in [1.29, 1.82) is 0 Å². The topological polar surface area (TPSA) is 32.7 Å². The Balaban J connectivity index is 2.61. The smallest absolute Gasteiger partial charge is 0.0900 e. The predicted octanol–water partition coefficient (Wildman–Crippen LogP) is 3.16. The SMILES string of the molecule is C=CCOC[C@H](O)CN(Cc1cccc(C)c1)[C@H](C)CC. The molecule has 1 aromatic carbocycles. The van der Waals surface area contributed by atoms with Gasteiger partial charge in [-0.1, -0.05) is 42.8 Å². The first-order valence-corrected chi connectivity index (χ1v) is 7.73. The summed E-state index contributed by atoms with van der Waals surface area (Å²) in [5.74, 6) is 0. The average Bonchev–Trinajstić information content (AvgIpc) is 2.46. The summed E-state index contributed by atoms with van der Waals surface area (Å²) in [4.78, 5) is 2.32. The standard InChI is InChI=1S/C18H29NO2/c1-5-10-21-14-18(20)13-19(16(4)6-2)12-17-9-7-8-15(3)11-17/h5,7-9,11,16,18,20H,1,6,10,12-14H2,2-4H3/t16-,18-/m1/s1. The van der Waals surface area contributed by atoms with E-state index >= 15 is 0 Å². The van der Waals surface area contributed by atoms with Gasteiger partial charge in [-0.2, -0.15) is 0 Å². The third-order valence-corrected chi connectivity index (χ3v) is 3.67. The number of hydrogen-bond acceptors (Lipinski definition) is 3. The van der Waals surface area contributed by atoms with Crippen molar-refractivity contribution in [1.82, 2.24) is 4.90 Å². The molecule has 0 aliphatic rings. The number of benzene rings is 1. The largest absolute Gasteiger partial charge is 0.389 e. The zero-order valence-electron chi connectivity index (χ0n) is 13.6. The van der Waals surface area contributed by atoms with Crippen molar-refractivity contribution in [2.24, 2.45) is 0 Å². The minimum Gasteiger partial charge on any atom is -0.389 e. The predicted molar refractivity (Wildman–Crippen MR) is 88.4 cm³/mol. The van der Waals surface area contributed by atoms with Gasteiger partial charge in [0.15, 0.2) is 0 Å². The molecule has 0 aliphatic carbocycles. The van der Waals surface area contributed by atoms with Crippen molar-refractivity contribution < 1.29 is 9.84 Å². The Morgan fingerprint density at radius 3 is 2.81 bits per heavy atom. The molecule has 0 unspecified atom stereocenters. The molecule has 1 rings (SSSR count). The van der Waals surface area contributed by atoms with E-state index in [1.165, 1.54) is 11.1 Å². The molecule has 0 fully saturated rings. The van der Waals surface area contributed by atoms with Crippen LogP contribution in [0.2, 0.25) is 0 Å². The third-order valence-electron chi connectivity index (χ3n) is 3.67. The Morgan fingerprint density at radius 2 is 2.19 bits per heavy atom. The van der Waals surface area contributed by atoms with E-state index in [1.807, 2.05) is 0 Å². The van der Waals surface area contributed by atoms with Gasteiger partial charge in [-0.15, -0.1) is 6.58 Å². The van der Waals surface area contributed by atoms with Crippen LogP contribution in [0.5, 0.6) is 0 Å². The van der Waals surface area contributed by atoms with Crippen molar-refractivity contribution in [3.63, 3.8) is 0 Å². The highest BCUT2D eigenvalue weighted by molar-refractivity contribution is 5.22. The molecule has 118 valence electrons. The summed E-state index contributed by atoms with van der Waals surface area (Å²) in [6.07, 6.45) is 2.29. The fourth-order valence-electron chi connectivity index (χ4n) is 2.31. The molecule has 0 spiro atoms. The van der Waals surface area contributed by atoms with Gasteiger partial charge in [0.05, 0.1) is 19.3 Å². The van der Waals surface area contributed by atoms with Crippen LogP contribution >= 0.6 is 0 Å². The number of aliphatic hydroxyl groups is 1. The van der Waals surface area contributed by atoms with E-state index in [4.69, 9.17) is 4.74 Å². The molecule has 3 heteroatoms. The summed E-state index contributed by atoms with van der Waals surface area (Å²) in [5.41, 5.74) is 2.56. The van der Waals surface area contributed by atoms with Gasteiger partial charge >= 0.3 is 0 Å². The molecule has 0 bridgehead atoms. The number of rotatable bonds is 10. The van der Waals surface area contributed by atoms with Gasteiger partial charge in [-0.3, -0.25) is 4.90 Å². The molecule has 0 heterocycles. The highest BCUT2D eigenvalue weighted by atomic mass is 16.5. The van der Waals surface area contributed by atoms with E-state index in [0.29, 0.717) is 25.8 Å². The van der Waals surface area contributed by atoms with Gasteiger partial charge in [0.25, 0.3) is 0 Å². The lowest BCUT2D eigenvalue weighted by Crippen LogP contribution is -2.39. The van der Waals surface area contributed by atoms with Crippen LogP contribution in [0.15, 0.2) is 36.9 Å². The maximum absolute atomic E-state index is 10.1. The first-order chi connectivity index (χ1) is 10.1. The summed E-state index contributed by atoms with van der Waals surface area (Å²) in [7, 11) is 0. The van der Waals surface area contributed by atoms with Crippen LogP contribution in [0.3, 0.4) is 0 Å². The minimum atomic E-state index is -0.469. The summed E-state index contributed by atoms with van der Waals surface area (Å²) in [6.45, 7) is 12.4. The lowest BCUT2D eigenvalue weighted by atomic mass is 10.1. The van der Waals surface area contributed by atoms with Crippen molar-refractivity contribution in [3.8, 4) is 0 Å². The summed E-state index contributed by atoms with van der Waals surface area (Å²) in [6, 6.07) is 8.97. The van der Waals surface area contributed by atoms with Crippen LogP contribution in [-0.4, -0.2) is 41.9 Å². The van der Waals surface area contributed by atoms with Gasteiger partial charge in [-0.05, 0) is 25.8 Å². The number of aryl methyl sites for hydroxylation is 1. The molecule has 0 saturated heterocycles. The molecule has 3 nitrogen and oxygen atoms in total. The molecule has 0 radical (unpaired) electrons. The number of ether oxygens (including phenoxy) is 1. The lowest BCUT2D eigenvalue weighted by molar-refractivity contribution is 0.0157. The number of hydrogen-bond donors (Lipinski definition) is 1. The first-order valence-electron chi connectivity index (χ1n) is 7.73. The third kappa shape index (κ3) is 6.89. The Kier molecular flexibility index (Phi) is 8.28. The van der Waals surface area contributed by atoms with Crippen LogP contribution in [0, 0.1) is 6.92 Å². The Morgan fingerprint density at radius 1 is 1.43 bits per heavy atom. The number of aliphatic hydroxyl groups excluding tert-OH is 1. The van der Waals surface area contributed by atoms with E-state index in [1.54, 1.807) is 6.08 Å². The van der Waals surface area contributed by atoms with Gasteiger partial charge in [0.2, 0.25) is 0 Å². The summed E-state index contributed by atoms with van der Waals surface area (Å²) < 4.78 is 5.33. The fraction of sp³-hybridized carbons (Fsp3) is 0.556. The zero-order valence-corrected chi connectivity index (χ0v) is 13.6. The molecule has 0 amide bonds.